The number of nitrogens with zero attached hydrogens (tertiary/aromatic N) is 6. The van der Waals surface area contributed by atoms with E-state index in [4.69, 9.17) is 0 Å². The number of carbonyl (C=O) groups is 1. The molecule has 0 saturated carbocycles. The van der Waals surface area contributed by atoms with E-state index in [0.717, 1.165) is 31.0 Å². The van der Waals surface area contributed by atoms with Crippen molar-refractivity contribution in [2.24, 2.45) is 0 Å². The Morgan fingerprint density at radius 1 is 1.33 bits per heavy atom. The Hall–Kier alpha value is -2.68. The van der Waals surface area contributed by atoms with Gasteiger partial charge in [0.15, 0.2) is 16.7 Å². The minimum absolute atomic E-state index is 0.164. The maximum atomic E-state index is 12.5. The van der Waals surface area contributed by atoms with E-state index >= 15 is 0 Å². The summed E-state index contributed by atoms with van der Waals surface area (Å²) in [7, 11) is 0. The number of rotatable bonds is 4. The summed E-state index contributed by atoms with van der Waals surface area (Å²) in [6, 6.07) is 1.74. The van der Waals surface area contributed by atoms with Gasteiger partial charge in [-0.05, 0) is 19.4 Å². The second kappa shape index (κ2) is 6.08. The number of aromatic nitrogens is 6. The van der Waals surface area contributed by atoms with Crippen molar-refractivity contribution in [3.8, 4) is 10.8 Å². The van der Waals surface area contributed by atoms with E-state index in [2.05, 4.69) is 35.0 Å². The SMILES string of the molecule is Cc1nc(-c2ncccn2)sc1C(=O)NCc1nnc2n1CCC2. The minimum atomic E-state index is -0.164. The van der Waals surface area contributed by atoms with Crippen LogP contribution in [0, 0.1) is 6.92 Å². The van der Waals surface area contributed by atoms with Crippen LogP contribution in [-0.4, -0.2) is 35.6 Å². The molecule has 24 heavy (non-hydrogen) atoms. The average molecular weight is 341 g/mol. The maximum Gasteiger partial charge on any atom is 0.263 e. The Morgan fingerprint density at radius 2 is 2.17 bits per heavy atom. The summed E-state index contributed by atoms with van der Waals surface area (Å²) >= 11 is 1.29. The maximum absolute atomic E-state index is 12.5. The number of amides is 1. The van der Waals surface area contributed by atoms with Gasteiger partial charge in [0, 0.05) is 25.4 Å². The lowest BCUT2D eigenvalue weighted by Gasteiger charge is -2.04. The zero-order valence-corrected chi connectivity index (χ0v) is 13.9. The summed E-state index contributed by atoms with van der Waals surface area (Å²) < 4.78 is 2.07. The van der Waals surface area contributed by atoms with Crippen molar-refractivity contribution in [1.29, 1.82) is 0 Å². The van der Waals surface area contributed by atoms with Crippen molar-refractivity contribution >= 4 is 17.2 Å². The van der Waals surface area contributed by atoms with Crippen molar-refractivity contribution in [2.75, 3.05) is 0 Å². The zero-order chi connectivity index (χ0) is 16.5. The number of nitrogens with one attached hydrogen (secondary N) is 1. The fourth-order valence-corrected chi connectivity index (χ4v) is 3.62. The molecule has 1 aliphatic rings. The Balaban J connectivity index is 1.49. The molecule has 0 bridgehead atoms. The zero-order valence-electron chi connectivity index (χ0n) is 13.1. The van der Waals surface area contributed by atoms with Gasteiger partial charge in [-0.2, -0.15) is 0 Å². The Bertz CT molecular complexity index is 887. The molecule has 4 heterocycles. The molecule has 1 N–H and O–H groups in total. The van der Waals surface area contributed by atoms with Crippen LogP contribution in [0.2, 0.25) is 0 Å². The lowest BCUT2D eigenvalue weighted by atomic mass is 10.3. The lowest BCUT2D eigenvalue weighted by molar-refractivity contribution is 0.0952. The Labute approximate surface area is 142 Å². The second-order valence-corrected chi connectivity index (χ2v) is 6.48. The molecular formula is C15H15N7OS. The van der Waals surface area contributed by atoms with Crippen molar-refractivity contribution < 1.29 is 4.79 Å². The number of thiazole rings is 1. The third kappa shape index (κ3) is 2.67. The summed E-state index contributed by atoms with van der Waals surface area (Å²) in [6.45, 7) is 3.09. The molecule has 4 rings (SSSR count). The molecule has 3 aromatic rings. The van der Waals surface area contributed by atoms with E-state index in [1.165, 1.54) is 11.3 Å². The first-order chi connectivity index (χ1) is 11.7. The topological polar surface area (TPSA) is 98.5 Å². The molecule has 9 heteroatoms. The number of fused-ring (bicyclic) bond motifs is 1. The second-order valence-electron chi connectivity index (χ2n) is 5.48. The lowest BCUT2D eigenvalue weighted by Crippen LogP contribution is -2.24. The van der Waals surface area contributed by atoms with Gasteiger partial charge in [0.05, 0.1) is 12.2 Å². The number of hydrogen-bond donors (Lipinski definition) is 1. The molecule has 0 saturated heterocycles. The Morgan fingerprint density at radius 3 is 3.00 bits per heavy atom. The molecule has 1 aliphatic heterocycles. The van der Waals surface area contributed by atoms with Crippen LogP contribution in [0.15, 0.2) is 18.5 Å². The molecule has 1 amide bonds. The molecule has 122 valence electrons. The Kier molecular flexibility index (Phi) is 3.77. The van der Waals surface area contributed by atoms with Crippen LogP contribution >= 0.6 is 11.3 Å². The van der Waals surface area contributed by atoms with Crippen LogP contribution < -0.4 is 5.32 Å². The van der Waals surface area contributed by atoms with E-state index < -0.39 is 0 Å². The van der Waals surface area contributed by atoms with Gasteiger partial charge in [-0.3, -0.25) is 4.79 Å². The molecule has 8 nitrogen and oxygen atoms in total. The average Bonchev–Trinajstić information content (AvgIpc) is 3.29. The summed E-state index contributed by atoms with van der Waals surface area (Å²) in [5, 5.41) is 11.8. The minimum Gasteiger partial charge on any atom is -0.344 e. The van der Waals surface area contributed by atoms with Gasteiger partial charge >= 0.3 is 0 Å². The molecule has 0 atom stereocenters. The van der Waals surface area contributed by atoms with Gasteiger partial charge in [-0.25, -0.2) is 15.0 Å². The van der Waals surface area contributed by atoms with Gasteiger partial charge in [-0.1, -0.05) is 0 Å². The quantitative estimate of drug-likeness (QED) is 0.770. The predicted molar refractivity (Wildman–Crippen MR) is 87.4 cm³/mol. The largest absolute Gasteiger partial charge is 0.344 e. The van der Waals surface area contributed by atoms with Gasteiger partial charge in [0.2, 0.25) is 0 Å². The molecular weight excluding hydrogens is 326 g/mol. The molecule has 0 spiro atoms. The molecule has 0 fully saturated rings. The monoisotopic (exact) mass is 341 g/mol. The van der Waals surface area contributed by atoms with Crippen LogP contribution in [0.1, 0.15) is 33.4 Å². The van der Waals surface area contributed by atoms with Crippen molar-refractivity contribution in [3.05, 3.63) is 40.7 Å². The van der Waals surface area contributed by atoms with Gasteiger partial charge in [0.25, 0.3) is 5.91 Å². The van der Waals surface area contributed by atoms with E-state index in [9.17, 15) is 4.79 Å². The highest BCUT2D eigenvalue weighted by molar-refractivity contribution is 7.17. The molecule has 0 unspecified atom stereocenters. The number of carbonyl (C=O) groups excluding carboxylic acids is 1. The fourth-order valence-electron chi connectivity index (χ4n) is 2.69. The van der Waals surface area contributed by atoms with Gasteiger partial charge in [0.1, 0.15) is 10.7 Å². The van der Waals surface area contributed by atoms with Gasteiger partial charge < -0.3 is 9.88 Å². The van der Waals surface area contributed by atoms with Crippen LogP contribution in [0.5, 0.6) is 0 Å². The highest BCUT2D eigenvalue weighted by atomic mass is 32.1. The number of aryl methyl sites for hydroxylation is 2. The standard InChI is InChI=1S/C15H15N7OS/c1-9-12(24-15(19-9)13-16-5-3-6-17-13)14(23)18-8-11-21-20-10-4-2-7-22(10)11/h3,5-6H,2,4,7-8H2,1H3,(H,18,23). The summed E-state index contributed by atoms with van der Waals surface area (Å²) in [4.78, 5) is 25.8. The van der Waals surface area contributed by atoms with Crippen LogP contribution in [-0.2, 0) is 19.5 Å². The fraction of sp³-hybridized carbons (Fsp3) is 0.333. The third-order valence-corrected chi connectivity index (χ3v) is 5.01. The number of hydrogen-bond acceptors (Lipinski definition) is 7. The smallest absolute Gasteiger partial charge is 0.263 e. The van der Waals surface area contributed by atoms with E-state index in [1.807, 2.05) is 6.92 Å². The summed E-state index contributed by atoms with van der Waals surface area (Å²) in [5.41, 5.74) is 0.673. The van der Waals surface area contributed by atoms with Crippen LogP contribution in [0.4, 0.5) is 0 Å². The van der Waals surface area contributed by atoms with Crippen LogP contribution in [0.25, 0.3) is 10.8 Å². The first-order valence-corrected chi connectivity index (χ1v) is 8.48. The van der Waals surface area contributed by atoms with E-state index in [1.54, 1.807) is 18.5 Å². The highest BCUT2D eigenvalue weighted by Gasteiger charge is 2.20. The normalized spacial score (nSPS) is 13.0. The predicted octanol–water partition coefficient (Wildman–Crippen LogP) is 1.38. The first kappa shape index (κ1) is 14.9. The van der Waals surface area contributed by atoms with Crippen molar-refractivity contribution in [3.63, 3.8) is 0 Å². The summed E-state index contributed by atoms with van der Waals surface area (Å²) in [6.07, 6.45) is 5.35. The third-order valence-electron chi connectivity index (χ3n) is 3.85. The first-order valence-electron chi connectivity index (χ1n) is 7.66. The molecule has 0 aliphatic carbocycles. The van der Waals surface area contributed by atoms with Crippen molar-refractivity contribution in [2.45, 2.75) is 32.9 Å². The molecule has 0 radical (unpaired) electrons. The molecule has 0 aromatic carbocycles. The highest BCUT2D eigenvalue weighted by Crippen LogP contribution is 2.25. The summed E-state index contributed by atoms with van der Waals surface area (Å²) in [5.74, 6) is 2.16. The van der Waals surface area contributed by atoms with Crippen LogP contribution in [0.3, 0.4) is 0 Å². The van der Waals surface area contributed by atoms with E-state index in [0.29, 0.717) is 27.9 Å². The van der Waals surface area contributed by atoms with Crippen molar-refractivity contribution in [1.82, 2.24) is 35.0 Å². The molecule has 3 aromatic heterocycles. The van der Waals surface area contributed by atoms with Gasteiger partial charge in [-0.15, -0.1) is 21.5 Å². The van der Waals surface area contributed by atoms with E-state index in [-0.39, 0.29) is 5.91 Å².